The number of carbonyl (C=O) groups excluding carboxylic acids is 1. The third-order valence-electron chi connectivity index (χ3n) is 4.43. The van der Waals surface area contributed by atoms with E-state index in [1.807, 2.05) is 47.8 Å². The molecule has 0 aromatic heterocycles. The first kappa shape index (κ1) is 18.5. The highest BCUT2D eigenvalue weighted by molar-refractivity contribution is 6.31. The number of hydrogen-bond acceptors (Lipinski definition) is 1. The van der Waals surface area contributed by atoms with Crippen molar-refractivity contribution < 1.29 is 10.1 Å². The molecule has 2 atom stereocenters. The molecule has 0 heterocycles. The van der Waals surface area contributed by atoms with Crippen molar-refractivity contribution in [3.8, 4) is 0 Å². The Balaban J connectivity index is 1.96. The van der Waals surface area contributed by atoms with E-state index < -0.39 is 0 Å². The Morgan fingerprint density at radius 2 is 1.71 bits per heavy atom. The molecule has 0 spiro atoms. The summed E-state index contributed by atoms with van der Waals surface area (Å²) in [6.07, 6.45) is 1.04. The highest BCUT2D eigenvalue weighted by atomic mass is 35.5. The number of quaternary nitrogens is 1. The lowest BCUT2D eigenvalue weighted by atomic mass is 9.97. The van der Waals surface area contributed by atoms with Crippen LogP contribution in [0.5, 0.6) is 0 Å². The Morgan fingerprint density at radius 3 is 2.38 bits per heavy atom. The fourth-order valence-corrected chi connectivity index (χ4v) is 3.02. The number of amides is 1. The van der Waals surface area contributed by atoms with Crippen molar-refractivity contribution in [1.29, 1.82) is 0 Å². The molecule has 0 radical (unpaired) electrons. The Kier molecular flexibility index (Phi) is 6.83. The highest BCUT2D eigenvalue weighted by Crippen LogP contribution is 2.26. The number of para-hydroxylation sites is 1. The minimum Gasteiger partial charge on any atom is -0.332 e. The Labute approximate surface area is 149 Å². The van der Waals surface area contributed by atoms with Crippen molar-refractivity contribution in [3.05, 3.63) is 64.7 Å². The summed E-state index contributed by atoms with van der Waals surface area (Å²) in [5.74, 6) is 0.428. The monoisotopic (exact) mass is 345 g/mol. The minimum atomic E-state index is 0.00431. The van der Waals surface area contributed by atoms with Gasteiger partial charge in [-0.3, -0.25) is 4.79 Å². The fraction of sp³-hybridized carbons (Fsp3) is 0.350. The van der Waals surface area contributed by atoms with E-state index in [4.69, 9.17) is 11.6 Å². The van der Waals surface area contributed by atoms with Crippen LogP contribution < -0.4 is 10.6 Å². The first-order chi connectivity index (χ1) is 11.5. The lowest BCUT2D eigenvalue weighted by Gasteiger charge is -2.16. The van der Waals surface area contributed by atoms with Crippen LogP contribution in [-0.2, 0) is 4.79 Å². The number of benzene rings is 2. The molecule has 0 bridgehead atoms. The van der Waals surface area contributed by atoms with Crippen LogP contribution in [0.4, 0.5) is 5.69 Å². The van der Waals surface area contributed by atoms with Gasteiger partial charge in [-0.25, -0.2) is 0 Å². The Bertz CT molecular complexity index is 687. The molecule has 0 saturated heterocycles. The van der Waals surface area contributed by atoms with Crippen LogP contribution in [-0.4, -0.2) is 12.5 Å². The molecule has 0 unspecified atom stereocenters. The average molecular weight is 346 g/mol. The topological polar surface area (TPSA) is 45.7 Å². The van der Waals surface area contributed by atoms with Crippen LogP contribution in [0.15, 0.2) is 48.5 Å². The molecule has 0 aliphatic carbocycles. The molecule has 3 nitrogen and oxygen atoms in total. The first-order valence-electron chi connectivity index (χ1n) is 8.49. The van der Waals surface area contributed by atoms with E-state index in [1.54, 1.807) is 0 Å². The van der Waals surface area contributed by atoms with Gasteiger partial charge < -0.3 is 10.6 Å². The van der Waals surface area contributed by atoms with E-state index in [1.165, 1.54) is 5.56 Å². The number of carbonyl (C=O) groups is 1. The summed E-state index contributed by atoms with van der Waals surface area (Å²) in [5.41, 5.74) is 3.15. The van der Waals surface area contributed by atoms with Gasteiger partial charge in [-0.05, 0) is 37.0 Å². The van der Waals surface area contributed by atoms with Crippen LogP contribution in [0.3, 0.4) is 0 Å². The van der Waals surface area contributed by atoms with Crippen LogP contribution in [0.25, 0.3) is 0 Å². The second-order valence-electron chi connectivity index (χ2n) is 6.19. The second-order valence-corrected chi connectivity index (χ2v) is 6.60. The molecule has 2 aromatic rings. The van der Waals surface area contributed by atoms with Crippen molar-refractivity contribution in [1.82, 2.24) is 0 Å². The number of rotatable bonds is 7. The zero-order valence-electron chi connectivity index (χ0n) is 14.6. The maximum Gasteiger partial charge on any atom is 0.279 e. The van der Waals surface area contributed by atoms with Gasteiger partial charge in [0.25, 0.3) is 5.91 Å². The zero-order chi connectivity index (χ0) is 17.5. The SMILES string of the molecule is CC[C@H](C)c1ccccc1NC(=O)C[NH2+][C@H](C)c1ccccc1Cl. The molecule has 1 amide bonds. The van der Waals surface area contributed by atoms with Crippen molar-refractivity contribution in [2.75, 3.05) is 11.9 Å². The van der Waals surface area contributed by atoms with Crippen LogP contribution in [0.1, 0.15) is 50.3 Å². The first-order valence-corrected chi connectivity index (χ1v) is 8.87. The molecular weight excluding hydrogens is 320 g/mol. The second kappa shape index (κ2) is 8.86. The molecule has 2 rings (SSSR count). The minimum absolute atomic E-state index is 0.00431. The zero-order valence-corrected chi connectivity index (χ0v) is 15.3. The van der Waals surface area contributed by atoms with E-state index in [2.05, 4.69) is 32.2 Å². The molecular formula is C20H26ClN2O+. The molecule has 2 aromatic carbocycles. The Morgan fingerprint density at radius 1 is 1.08 bits per heavy atom. The summed E-state index contributed by atoms with van der Waals surface area (Å²) < 4.78 is 0. The van der Waals surface area contributed by atoms with Gasteiger partial charge in [0.05, 0.1) is 0 Å². The number of halogens is 1. The summed E-state index contributed by atoms with van der Waals surface area (Å²) in [6.45, 7) is 6.75. The van der Waals surface area contributed by atoms with E-state index in [9.17, 15) is 4.79 Å². The van der Waals surface area contributed by atoms with Gasteiger partial charge in [-0.2, -0.15) is 0 Å². The van der Waals surface area contributed by atoms with Crippen molar-refractivity contribution in [2.24, 2.45) is 0 Å². The standard InChI is InChI=1S/C20H25ClN2O/c1-4-14(2)16-9-6-8-12-19(16)23-20(24)13-22-15(3)17-10-5-7-11-18(17)21/h5-12,14-15,22H,4,13H2,1-3H3,(H,23,24)/p+1/t14-,15+/m0/s1. The predicted molar refractivity (Wildman–Crippen MR) is 100 cm³/mol. The van der Waals surface area contributed by atoms with Gasteiger partial charge >= 0.3 is 0 Å². The molecule has 0 aliphatic heterocycles. The van der Waals surface area contributed by atoms with E-state index in [0.29, 0.717) is 12.5 Å². The smallest absolute Gasteiger partial charge is 0.279 e. The molecule has 0 aliphatic rings. The normalized spacial score (nSPS) is 13.3. The van der Waals surface area contributed by atoms with Crippen LogP contribution in [0, 0.1) is 0 Å². The number of anilines is 1. The van der Waals surface area contributed by atoms with Gasteiger partial charge in [0.1, 0.15) is 6.04 Å². The predicted octanol–water partition coefficient (Wildman–Crippen LogP) is 4.12. The number of nitrogens with two attached hydrogens (primary N) is 1. The largest absolute Gasteiger partial charge is 0.332 e. The van der Waals surface area contributed by atoms with Gasteiger partial charge in [0.2, 0.25) is 0 Å². The summed E-state index contributed by atoms with van der Waals surface area (Å²) in [7, 11) is 0. The van der Waals surface area contributed by atoms with Crippen molar-refractivity contribution >= 4 is 23.2 Å². The third-order valence-corrected chi connectivity index (χ3v) is 4.77. The van der Waals surface area contributed by atoms with Crippen molar-refractivity contribution in [2.45, 2.75) is 39.2 Å². The average Bonchev–Trinajstić information content (AvgIpc) is 2.60. The molecule has 128 valence electrons. The summed E-state index contributed by atoms with van der Waals surface area (Å²) in [4.78, 5) is 12.3. The number of hydrogen-bond donors (Lipinski definition) is 2. The molecule has 3 N–H and O–H groups in total. The van der Waals surface area contributed by atoms with Gasteiger partial charge in [0, 0.05) is 16.3 Å². The highest BCUT2D eigenvalue weighted by Gasteiger charge is 2.15. The quantitative estimate of drug-likeness (QED) is 0.779. The van der Waals surface area contributed by atoms with E-state index >= 15 is 0 Å². The Hall–Kier alpha value is -1.84. The fourth-order valence-electron chi connectivity index (χ4n) is 2.72. The summed E-state index contributed by atoms with van der Waals surface area (Å²) in [5, 5.41) is 5.79. The van der Waals surface area contributed by atoms with E-state index in [0.717, 1.165) is 22.7 Å². The van der Waals surface area contributed by atoms with Gasteiger partial charge in [-0.1, -0.05) is 61.8 Å². The van der Waals surface area contributed by atoms with Crippen LogP contribution in [0.2, 0.25) is 5.02 Å². The third kappa shape index (κ3) is 4.83. The van der Waals surface area contributed by atoms with Gasteiger partial charge in [0.15, 0.2) is 6.54 Å². The summed E-state index contributed by atoms with van der Waals surface area (Å²) >= 11 is 6.22. The lowest BCUT2D eigenvalue weighted by Crippen LogP contribution is -2.86. The lowest BCUT2D eigenvalue weighted by molar-refractivity contribution is -0.682. The van der Waals surface area contributed by atoms with Crippen LogP contribution >= 0.6 is 11.6 Å². The van der Waals surface area contributed by atoms with Gasteiger partial charge in [-0.15, -0.1) is 0 Å². The maximum atomic E-state index is 12.3. The molecule has 24 heavy (non-hydrogen) atoms. The van der Waals surface area contributed by atoms with E-state index in [-0.39, 0.29) is 11.9 Å². The molecule has 4 heteroatoms. The summed E-state index contributed by atoms with van der Waals surface area (Å²) in [6, 6.07) is 15.9. The molecule has 0 fully saturated rings. The molecule has 0 saturated carbocycles. The van der Waals surface area contributed by atoms with Crippen molar-refractivity contribution in [3.63, 3.8) is 0 Å². The number of nitrogens with one attached hydrogen (secondary N) is 1. The maximum absolute atomic E-state index is 12.3.